The second-order valence-electron chi connectivity index (χ2n) is 5.84. The molecule has 1 heterocycles. The Balaban J connectivity index is 1.90. The number of benzene rings is 2. The molecule has 2 N–H and O–H groups in total. The lowest BCUT2D eigenvalue weighted by Crippen LogP contribution is -2.28. The fourth-order valence-corrected chi connectivity index (χ4v) is 3.66. The fourth-order valence-electron chi connectivity index (χ4n) is 2.59. The van der Waals surface area contributed by atoms with Crippen LogP contribution < -0.4 is 4.74 Å². The number of rotatable bonds is 5. The Bertz CT molecular complexity index is 983. The highest BCUT2D eigenvalue weighted by atomic mass is 32.2. The lowest BCUT2D eigenvalue weighted by Gasteiger charge is -2.12. The van der Waals surface area contributed by atoms with Crippen molar-refractivity contribution >= 4 is 40.6 Å². The van der Waals surface area contributed by atoms with E-state index in [4.69, 9.17) is 9.84 Å². The first-order valence-electron chi connectivity index (χ1n) is 8.43. The van der Waals surface area contributed by atoms with Gasteiger partial charge in [0.1, 0.15) is 0 Å². The van der Waals surface area contributed by atoms with Crippen LogP contribution in [0.1, 0.15) is 22.8 Å². The average molecular weight is 398 g/mol. The highest BCUT2D eigenvalue weighted by Crippen LogP contribution is 2.35. The Morgan fingerprint density at radius 1 is 1.25 bits per heavy atom. The van der Waals surface area contributed by atoms with Gasteiger partial charge in [-0.3, -0.25) is 9.69 Å². The molecule has 2 aromatic rings. The van der Waals surface area contributed by atoms with Crippen LogP contribution in [0.4, 0.5) is 5.69 Å². The summed E-state index contributed by atoms with van der Waals surface area (Å²) in [5.74, 6) is -0.823. The Morgan fingerprint density at radius 3 is 2.57 bits per heavy atom. The molecule has 0 saturated carbocycles. The third-order valence-corrected chi connectivity index (χ3v) is 5.05. The summed E-state index contributed by atoms with van der Waals surface area (Å²) in [5.41, 5.74) is 1.45. The van der Waals surface area contributed by atoms with Crippen LogP contribution in [0, 0.1) is 0 Å². The van der Waals surface area contributed by atoms with Crippen LogP contribution in [0.25, 0.3) is 6.08 Å². The predicted molar refractivity (Wildman–Crippen MR) is 108 cm³/mol. The number of aromatic carboxylic acids is 1. The average Bonchev–Trinajstić information content (AvgIpc) is 2.97. The van der Waals surface area contributed by atoms with Gasteiger partial charge in [0.2, 0.25) is 0 Å². The first-order valence-corrected chi connectivity index (χ1v) is 9.25. The van der Waals surface area contributed by atoms with E-state index in [1.54, 1.807) is 35.2 Å². The molecule has 1 saturated heterocycles. The summed E-state index contributed by atoms with van der Waals surface area (Å²) in [5, 5.41) is 19.2. The number of amides is 1. The zero-order valence-electron chi connectivity index (χ0n) is 15.2. The molecule has 7 nitrogen and oxygen atoms in total. The molecule has 3 rings (SSSR count). The lowest BCUT2D eigenvalue weighted by molar-refractivity contribution is -0.122. The molecule has 0 bridgehead atoms. The summed E-state index contributed by atoms with van der Waals surface area (Å²) in [4.78, 5) is 30.2. The van der Waals surface area contributed by atoms with Crippen molar-refractivity contribution in [2.24, 2.45) is 4.99 Å². The monoisotopic (exact) mass is 398 g/mol. The van der Waals surface area contributed by atoms with Crippen molar-refractivity contribution in [3.05, 3.63) is 58.5 Å². The maximum Gasteiger partial charge on any atom is 0.335 e. The minimum Gasteiger partial charge on any atom is -0.504 e. The number of hydrogen-bond acceptors (Lipinski definition) is 6. The van der Waals surface area contributed by atoms with E-state index in [1.807, 2.05) is 6.92 Å². The molecule has 0 aliphatic carbocycles. The van der Waals surface area contributed by atoms with Crippen LogP contribution in [-0.2, 0) is 4.79 Å². The van der Waals surface area contributed by atoms with Crippen molar-refractivity contribution in [2.75, 3.05) is 13.7 Å². The van der Waals surface area contributed by atoms with Gasteiger partial charge in [0.05, 0.1) is 23.3 Å². The summed E-state index contributed by atoms with van der Waals surface area (Å²) in [6.07, 6.45) is 1.72. The molecule has 1 aliphatic heterocycles. The molecule has 1 amide bonds. The topological polar surface area (TPSA) is 99.4 Å². The van der Waals surface area contributed by atoms with E-state index in [0.717, 1.165) is 0 Å². The van der Waals surface area contributed by atoms with E-state index in [2.05, 4.69) is 4.99 Å². The van der Waals surface area contributed by atoms with E-state index < -0.39 is 5.97 Å². The minimum absolute atomic E-state index is 0.0253. The molecule has 2 aromatic carbocycles. The zero-order valence-corrected chi connectivity index (χ0v) is 16.1. The van der Waals surface area contributed by atoms with E-state index >= 15 is 0 Å². The number of amidine groups is 1. The molecule has 0 radical (unpaired) electrons. The van der Waals surface area contributed by atoms with Crippen LogP contribution in [0.3, 0.4) is 0 Å². The van der Waals surface area contributed by atoms with Crippen LogP contribution in [0.5, 0.6) is 11.5 Å². The van der Waals surface area contributed by atoms with Gasteiger partial charge in [-0.15, -0.1) is 0 Å². The van der Waals surface area contributed by atoms with Gasteiger partial charge >= 0.3 is 5.97 Å². The van der Waals surface area contributed by atoms with Crippen LogP contribution in [0.2, 0.25) is 0 Å². The molecule has 1 fully saturated rings. The lowest BCUT2D eigenvalue weighted by atomic mass is 10.2. The number of hydrogen-bond donors (Lipinski definition) is 2. The number of phenols is 1. The van der Waals surface area contributed by atoms with Gasteiger partial charge in [0.25, 0.3) is 5.91 Å². The summed E-state index contributed by atoms with van der Waals surface area (Å²) in [6.45, 7) is 2.31. The van der Waals surface area contributed by atoms with Crippen LogP contribution in [-0.4, -0.2) is 45.8 Å². The number of nitrogens with zero attached hydrogens (tertiary/aromatic N) is 2. The summed E-state index contributed by atoms with van der Waals surface area (Å²) in [7, 11) is 1.46. The van der Waals surface area contributed by atoms with Gasteiger partial charge in [-0.25, -0.2) is 9.79 Å². The molecular formula is C20H18N2O5S. The Kier molecular flexibility index (Phi) is 5.70. The summed E-state index contributed by atoms with van der Waals surface area (Å²) < 4.78 is 5.10. The van der Waals surface area contributed by atoms with E-state index in [-0.39, 0.29) is 17.2 Å². The molecule has 28 heavy (non-hydrogen) atoms. The smallest absolute Gasteiger partial charge is 0.335 e. The van der Waals surface area contributed by atoms with E-state index in [0.29, 0.717) is 33.6 Å². The second-order valence-corrected chi connectivity index (χ2v) is 6.85. The molecule has 0 aromatic heterocycles. The molecule has 0 atom stereocenters. The number of methoxy groups -OCH3 is 1. The molecule has 0 unspecified atom stereocenters. The number of aromatic hydroxyl groups is 1. The van der Waals surface area contributed by atoms with Crippen molar-refractivity contribution in [2.45, 2.75) is 6.92 Å². The first kappa shape index (κ1) is 19.5. The van der Waals surface area contributed by atoms with Crippen molar-refractivity contribution in [3.8, 4) is 11.5 Å². The van der Waals surface area contributed by atoms with E-state index in [9.17, 15) is 14.7 Å². The quantitative estimate of drug-likeness (QED) is 0.745. The molecule has 0 spiro atoms. The maximum atomic E-state index is 12.7. The van der Waals surface area contributed by atoms with Gasteiger partial charge in [0.15, 0.2) is 16.7 Å². The van der Waals surface area contributed by atoms with Gasteiger partial charge in [-0.05, 0) is 66.7 Å². The zero-order chi connectivity index (χ0) is 20.3. The van der Waals surface area contributed by atoms with Crippen molar-refractivity contribution < 1.29 is 24.5 Å². The van der Waals surface area contributed by atoms with Crippen LogP contribution >= 0.6 is 11.8 Å². The van der Waals surface area contributed by atoms with Crippen LogP contribution in [0.15, 0.2) is 52.4 Å². The number of thioether (sulfide) groups is 1. The Labute approximate surface area is 166 Å². The highest BCUT2D eigenvalue weighted by Gasteiger charge is 2.32. The SMILES string of the molecule is CCN1C(=O)C(=Cc2ccc(O)c(OC)c2)SC1=Nc1ccc(C(=O)O)cc1. The third kappa shape index (κ3) is 4.01. The Hall–Kier alpha value is -3.26. The number of phenolic OH excluding ortho intramolecular Hbond substituents is 1. The number of carboxylic acids is 1. The highest BCUT2D eigenvalue weighted by molar-refractivity contribution is 8.18. The number of carboxylic acid groups (broad SMARTS) is 1. The standard InChI is InChI=1S/C20H18N2O5S/c1-3-22-18(24)17(11-12-4-9-15(23)16(10-12)27-2)28-20(22)21-14-7-5-13(6-8-14)19(25)26/h4-11,23H,3H2,1-2H3,(H,25,26). The fraction of sp³-hybridized carbons (Fsp3) is 0.150. The molecule has 1 aliphatic rings. The number of carbonyl (C=O) groups is 2. The van der Waals surface area contributed by atoms with Crippen molar-refractivity contribution in [3.63, 3.8) is 0 Å². The third-order valence-electron chi connectivity index (χ3n) is 4.04. The van der Waals surface area contributed by atoms with Crippen molar-refractivity contribution in [1.29, 1.82) is 0 Å². The number of likely N-dealkylation sites (N-methyl/N-ethyl adjacent to an activating group) is 1. The predicted octanol–water partition coefficient (Wildman–Crippen LogP) is 3.72. The summed E-state index contributed by atoms with van der Waals surface area (Å²) in [6, 6.07) is 11.0. The number of aliphatic imine (C=N–C) groups is 1. The van der Waals surface area contributed by atoms with Crippen molar-refractivity contribution in [1.82, 2.24) is 4.90 Å². The molecule has 8 heteroatoms. The molecular weight excluding hydrogens is 380 g/mol. The summed E-state index contributed by atoms with van der Waals surface area (Å²) >= 11 is 1.24. The maximum absolute atomic E-state index is 12.7. The second kappa shape index (κ2) is 8.18. The first-order chi connectivity index (χ1) is 13.4. The largest absolute Gasteiger partial charge is 0.504 e. The number of ether oxygens (including phenoxy) is 1. The van der Waals surface area contributed by atoms with Gasteiger partial charge in [0, 0.05) is 6.54 Å². The van der Waals surface area contributed by atoms with E-state index in [1.165, 1.54) is 37.1 Å². The normalized spacial score (nSPS) is 16.8. The van der Waals surface area contributed by atoms with Gasteiger partial charge < -0.3 is 14.9 Å². The number of carbonyl (C=O) groups excluding carboxylic acids is 1. The Morgan fingerprint density at radius 2 is 1.96 bits per heavy atom. The molecule has 144 valence electrons. The minimum atomic E-state index is -1.01. The van der Waals surface area contributed by atoms with Gasteiger partial charge in [-0.2, -0.15) is 0 Å². The van der Waals surface area contributed by atoms with Gasteiger partial charge in [-0.1, -0.05) is 6.07 Å².